The van der Waals surface area contributed by atoms with Gasteiger partial charge in [0, 0.05) is 10.6 Å². The van der Waals surface area contributed by atoms with Gasteiger partial charge < -0.3 is 14.0 Å². The van der Waals surface area contributed by atoms with E-state index < -0.39 is 7.14 Å². The van der Waals surface area contributed by atoms with E-state index in [1.54, 1.807) is 19.3 Å². The lowest BCUT2D eigenvalue weighted by molar-refractivity contribution is 0.362. The quantitative estimate of drug-likeness (QED) is 0.471. The molecule has 3 nitrogen and oxygen atoms in total. The van der Waals surface area contributed by atoms with Crippen molar-refractivity contribution in [1.29, 1.82) is 0 Å². The molecule has 0 saturated heterocycles. The minimum Gasteiger partial charge on any atom is -0.496 e. The molecule has 0 saturated carbocycles. The molecule has 0 spiro atoms. The fourth-order valence-electron chi connectivity index (χ4n) is 2.86. The van der Waals surface area contributed by atoms with Crippen molar-refractivity contribution >= 4 is 23.1 Å². The van der Waals surface area contributed by atoms with Crippen LogP contribution in [0.25, 0.3) is 0 Å². The first kappa shape index (κ1) is 18.0. The summed E-state index contributed by atoms with van der Waals surface area (Å²) in [4.78, 5) is 0. The lowest BCUT2D eigenvalue weighted by Crippen LogP contribution is -2.26. The summed E-state index contributed by atoms with van der Waals surface area (Å²) in [6.45, 7) is 4.05. The molecule has 0 bridgehead atoms. The molecule has 0 radical (unpaired) electrons. The highest BCUT2D eigenvalue weighted by atomic mass is 31.2. The second kappa shape index (κ2) is 8.07. The first-order valence-electron chi connectivity index (χ1n) is 8.33. The third-order valence-electron chi connectivity index (χ3n) is 4.10. The molecular weight excluding hydrogens is 343 g/mol. The minimum atomic E-state index is -3.12. The zero-order chi connectivity index (χ0) is 18.4. The van der Waals surface area contributed by atoms with Crippen molar-refractivity contribution in [3.8, 4) is 11.5 Å². The van der Waals surface area contributed by atoms with Gasteiger partial charge in [0.15, 0.2) is 7.14 Å². The number of ether oxygens (including phenoxy) is 2. The summed E-state index contributed by atoms with van der Waals surface area (Å²) in [5, 5.41) is 2.13. The molecule has 3 rings (SSSR count). The average molecular weight is 364 g/mol. The van der Waals surface area contributed by atoms with Crippen LogP contribution in [0.2, 0.25) is 0 Å². The Hall–Kier alpha value is -2.77. The van der Waals surface area contributed by atoms with Crippen LogP contribution in [0, 0.1) is 0 Å². The van der Waals surface area contributed by atoms with Crippen molar-refractivity contribution in [2.75, 3.05) is 13.7 Å². The van der Waals surface area contributed by atoms with E-state index >= 15 is 0 Å². The van der Waals surface area contributed by atoms with E-state index in [9.17, 15) is 4.57 Å². The number of hydrogen-bond donors (Lipinski definition) is 0. The molecule has 0 unspecified atom stereocenters. The van der Waals surface area contributed by atoms with Crippen LogP contribution < -0.4 is 25.4 Å². The molecule has 132 valence electrons. The number of methoxy groups -OCH3 is 1. The Labute approximate surface area is 154 Å². The predicted molar refractivity (Wildman–Crippen MR) is 108 cm³/mol. The lowest BCUT2D eigenvalue weighted by atomic mass is 10.3. The molecule has 0 amide bonds. The zero-order valence-corrected chi connectivity index (χ0v) is 15.6. The maximum atomic E-state index is 14.5. The molecule has 0 N–H and O–H groups in total. The zero-order valence-electron chi connectivity index (χ0n) is 14.7. The molecule has 0 aromatic heterocycles. The predicted octanol–water partition coefficient (Wildman–Crippen LogP) is 3.90. The third kappa shape index (κ3) is 3.44. The Balaban J connectivity index is 2.26. The highest BCUT2D eigenvalue weighted by Gasteiger charge is 2.33. The summed E-state index contributed by atoms with van der Waals surface area (Å²) in [6, 6.07) is 24.4. The normalized spacial score (nSPS) is 11.0. The molecule has 4 heteroatoms. The van der Waals surface area contributed by atoms with Crippen LogP contribution in [0.15, 0.2) is 91.5 Å². The first-order valence-corrected chi connectivity index (χ1v) is 10.0. The van der Waals surface area contributed by atoms with Crippen LogP contribution in [-0.2, 0) is 4.57 Å². The van der Waals surface area contributed by atoms with E-state index in [2.05, 4.69) is 6.58 Å². The van der Waals surface area contributed by atoms with Crippen LogP contribution in [-0.4, -0.2) is 13.7 Å². The molecule has 0 aliphatic rings. The molecule has 3 aromatic carbocycles. The summed E-state index contributed by atoms with van der Waals surface area (Å²) in [6.07, 6.45) is 1.68. The van der Waals surface area contributed by atoms with Gasteiger partial charge in [-0.3, -0.25) is 0 Å². The van der Waals surface area contributed by atoms with Crippen molar-refractivity contribution in [2.24, 2.45) is 0 Å². The number of benzene rings is 3. The van der Waals surface area contributed by atoms with Crippen molar-refractivity contribution in [1.82, 2.24) is 0 Å². The fourth-order valence-corrected chi connectivity index (χ4v) is 5.69. The summed E-state index contributed by atoms with van der Waals surface area (Å²) in [5.41, 5.74) is 0. The van der Waals surface area contributed by atoms with Crippen LogP contribution in [0.3, 0.4) is 0 Å². The van der Waals surface area contributed by atoms with Gasteiger partial charge in [0.25, 0.3) is 0 Å². The van der Waals surface area contributed by atoms with Crippen molar-refractivity contribution in [3.05, 3.63) is 91.5 Å². The highest BCUT2D eigenvalue weighted by molar-refractivity contribution is 7.85. The summed E-state index contributed by atoms with van der Waals surface area (Å²) in [7, 11) is -1.53. The smallest absolute Gasteiger partial charge is 0.174 e. The van der Waals surface area contributed by atoms with E-state index in [1.807, 2.05) is 72.8 Å². The van der Waals surface area contributed by atoms with Gasteiger partial charge in [-0.15, -0.1) is 0 Å². The van der Waals surface area contributed by atoms with Crippen molar-refractivity contribution in [3.63, 3.8) is 0 Å². The maximum Gasteiger partial charge on any atom is 0.174 e. The second-order valence-electron chi connectivity index (χ2n) is 5.71. The molecule has 0 aliphatic carbocycles. The van der Waals surface area contributed by atoms with Gasteiger partial charge >= 0.3 is 0 Å². The largest absolute Gasteiger partial charge is 0.496 e. The SMILES string of the molecule is C=CCOc1ccc(OC)c(P(=O)(c2ccccc2)c2ccccc2)c1. The average Bonchev–Trinajstić information content (AvgIpc) is 2.72. The molecular formula is C22H21O3P. The van der Waals surface area contributed by atoms with E-state index in [4.69, 9.17) is 9.47 Å². The van der Waals surface area contributed by atoms with Gasteiger partial charge in [0.2, 0.25) is 0 Å². The van der Waals surface area contributed by atoms with Crippen molar-refractivity contribution < 1.29 is 14.0 Å². The first-order chi connectivity index (χ1) is 12.7. The number of hydrogen-bond acceptors (Lipinski definition) is 3. The Kier molecular flexibility index (Phi) is 5.60. The van der Waals surface area contributed by atoms with Gasteiger partial charge in [-0.25, -0.2) is 0 Å². The summed E-state index contributed by atoms with van der Waals surface area (Å²) in [5.74, 6) is 1.21. The molecule has 0 fully saturated rings. The Morgan fingerprint density at radius 2 is 1.50 bits per heavy atom. The van der Waals surface area contributed by atoms with E-state index in [-0.39, 0.29) is 0 Å². The van der Waals surface area contributed by atoms with Crippen LogP contribution in [0.1, 0.15) is 0 Å². The topological polar surface area (TPSA) is 35.5 Å². The Morgan fingerprint density at radius 1 is 0.923 bits per heavy atom. The van der Waals surface area contributed by atoms with Crippen LogP contribution in [0.5, 0.6) is 11.5 Å². The van der Waals surface area contributed by atoms with Gasteiger partial charge in [-0.1, -0.05) is 73.3 Å². The number of rotatable bonds is 7. The van der Waals surface area contributed by atoms with Crippen LogP contribution >= 0.6 is 7.14 Å². The molecule has 3 aromatic rings. The fraction of sp³-hybridized carbons (Fsp3) is 0.0909. The van der Waals surface area contributed by atoms with Gasteiger partial charge in [0.05, 0.1) is 12.4 Å². The molecule has 0 aliphatic heterocycles. The third-order valence-corrected chi connectivity index (χ3v) is 7.18. The van der Waals surface area contributed by atoms with Gasteiger partial charge in [-0.2, -0.15) is 0 Å². The molecule has 0 atom stereocenters. The molecule has 0 heterocycles. The van der Waals surface area contributed by atoms with Gasteiger partial charge in [0.1, 0.15) is 18.1 Å². The summed E-state index contributed by atoms with van der Waals surface area (Å²) >= 11 is 0. The van der Waals surface area contributed by atoms with Crippen molar-refractivity contribution in [2.45, 2.75) is 0 Å². The molecule has 26 heavy (non-hydrogen) atoms. The van der Waals surface area contributed by atoms with E-state index in [0.717, 1.165) is 10.6 Å². The minimum absolute atomic E-state index is 0.382. The second-order valence-corrected chi connectivity index (χ2v) is 8.45. The van der Waals surface area contributed by atoms with E-state index in [1.165, 1.54) is 0 Å². The highest BCUT2D eigenvalue weighted by Crippen LogP contribution is 2.45. The van der Waals surface area contributed by atoms with Crippen LogP contribution in [0.4, 0.5) is 0 Å². The Morgan fingerprint density at radius 3 is 2.00 bits per heavy atom. The van der Waals surface area contributed by atoms with E-state index in [0.29, 0.717) is 23.4 Å². The van der Waals surface area contributed by atoms with Gasteiger partial charge in [-0.05, 0) is 18.2 Å². The summed E-state index contributed by atoms with van der Waals surface area (Å²) < 4.78 is 25.7. The monoisotopic (exact) mass is 364 g/mol. The Bertz CT molecular complexity index is 877. The lowest BCUT2D eigenvalue weighted by Gasteiger charge is -2.22. The maximum absolute atomic E-state index is 14.5. The standard InChI is InChI=1S/C22H21O3P/c1-3-16-25-18-14-15-21(24-2)22(17-18)26(23,19-10-6-4-7-11-19)20-12-8-5-9-13-20/h3-15,17H,1,16H2,2H3.